The molecule has 0 spiro atoms. The summed E-state index contributed by atoms with van der Waals surface area (Å²) in [6.45, 7) is 0. The normalized spacial score (nSPS) is 29.8. The van der Waals surface area contributed by atoms with E-state index in [1.807, 2.05) is 0 Å². The van der Waals surface area contributed by atoms with E-state index in [1.54, 1.807) is 0 Å². The van der Waals surface area contributed by atoms with Crippen molar-refractivity contribution in [3.63, 3.8) is 0 Å². The van der Waals surface area contributed by atoms with Gasteiger partial charge in [0.2, 0.25) is 0 Å². The lowest BCUT2D eigenvalue weighted by atomic mass is 9.74. The van der Waals surface area contributed by atoms with Crippen LogP contribution in [0.15, 0.2) is 0 Å². The van der Waals surface area contributed by atoms with E-state index in [2.05, 4.69) is 0 Å². The number of nitrogens with two attached hydrogens (primary N) is 1. The molecule has 2 aliphatic rings. The van der Waals surface area contributed by atoms with Crippen molar-refractivity contribution in [3.8, 4) is 0 Å². The Labute approximate surface area is 88.4 Å². The highest BCUT2D eigenvalue weighted by Gasteiger charge is 2.35. The third-order valence-corrected chi connectivity index (χ3v) is 4.45. The van der Waals surface area contributed by atoms with E-state index in [9.17, 15) is 0 Å². The van der Waals surface area contributed by atoms with E-state index in [0.29, 0.717) is 0 Å². The van der Waals surface area contributed by atoms with Crippen molar-refractivity contribution in [2.75, 3.05) is 0 Å². The fraction of sp³-hybridized carbons (Fsp3) is 1.00. The molecule has 0 atom stereocenters. The van der Waals surface area contributed by atoms with E-state index in [0.717, 1.165) is 5.92 Å². The molecule has 2 aliphatic carbocycles. The van der Waals surface area contributed by atoms with Gasteiger partial charge in [-0.25, -0.2) is 0 Å². The third-order valence-electron chi connectivity index (χ3n) is 4.45. The molecule has 0 unspecified atom stereocenters. The first-order chi connectivity index (χ1) is 6.81. The molecule has 1 heteroatoms. The molecule has 0 aromatic carbocycles. The predicted octanol–water partition coefficient (Wildman–Crippen LogP) is 3.62. The summed E-state index contributed by atoms with van der Waals surface area (Å²) < 4.78 is 0. The largest absolute Gasteiger partial charge is 0.325 e. The molecule has 0 aliphatic heterocycles. The SMILES string of the molecule is NC1(C2CCCC2)CCCCCCC1. The number of hydrogen-bond acceptors (Lipinski definition) is 1. The second-order valence-electron chi connectivity index (χ2n) is 5.48. The minimum Gasteiger partial charge on any atom is -0.325 e. The van der Waals surface area contributed by atoms with Crippen molar-refractivity contribution < 1.29 is 0 Å². The maximum absolute atomic E-state index is 6.63. The molecule has 82 valence electrons. The second-order valence-corrected chi connectivity index (χ2v) is 5.48. The molecule has 0 aromatic rings. The van der Waals surface area contributed by atoms with Gasteiger partial charge in [-0.05, 0) is 31.6 Å². The van der Waals surface area contributed by atoms with Gasteiger partial charge in [0.1, 0.15) is 0 Å². The Balaban J connectivity index is 1.95. The zero-order valence-electron chi connectivity index (χ0n) is 9.43. The summed E-state index contributed by atoms with van der Waals surface area (Å²) in [4.78, 5) is 0. The first-order valence-corrected chi connectivity index (χ1v) is 6.60. The van der Waals surface area contributed by atoms with Crippen LogP contribution in [0.25, 0.3) is 0 Å². The van der Waals surface area contributed by atoms with Crippen LogP contribution >= 0.6 is 0 Å². The quantitative estimate of drug-likeness (QED) is 0.679. The summed E-state index contributed by atoms with van der Waals surface area (Å²) in [6.07, 6.45) is 15.4. The summed E-state index contributed by atoms with van der Waals surface area (Å²) in [7, 11) is 0. The van der Waals surface area contributed by atoms with Gasteiger partial charge in [-0.15, -0.1) is 0 Å². The highest BCUT2D eigenvalue weighted by molar-refractivity contribution is 4.93. The lowest BCUT2D eigenvalue weighted by molar-refractivity contribution is 0.214. The Kier molecular flexibility index (Phi) is 3.48. The zero-order chi connectivity index (χ0) is 9.86. The van der Waals surface area contributed by atoms with Crippen molar-refractivity contribution >= 4 is 0 Å². The van der Waals surface area contributed by atoms with Crippen molar-refractivity contribution in [2.45, 2.75) is 76.2 Å². The molecule has 0 heterocycles. The summed E-state index contributed by atoms with van der Waals surface area (Å²) in [6, 6.07) is 0. The van der Waals surface area contributed by atoms with Gasteiger partial charge >= 0.3 is 0 Å². The lowest BCUT2D eigenvalue weighted by Gasteiger charge is -2.37. The average Bonchev–Trinajstić information content (AvgIpc) is 2.65. The number of hydrogen-bond donors (Lipinski definition) is 1. The van der Waals surface area contributed by atoms with Crippen LogP contribution in [0.3, 0.4) is 0 Å². The van der Waals surface area contributed by atoms with Crippen LogP contribution in [-0.4, -0.2) is 5.54 Å². The molecular formula is C13H25N. The maximum Gasteiger partial charge on any atom is 0.0182 e. The molecule has 0 saturated heterocycles. The molecule has 0 bridgehead atoms. The fourth-order valence-corrected chi connectivity index (χ4v) is 3.47. The van der Waals surface area contributed by atoms with Crippen molar-refractivity contribution in [2.24, 2.45) is 11.7 Å². The fourth-order valence-electron chi connectivity index (χ4n) is 3.47. The summed E-state index contributed by atoms with van der Waals surface area (Å²) in [5, 5.41) is 0. The molecule has 0 radical (unpaired) electrons. The molecule has 2 fully saturated rings. The number of rotatable bonds is 1. The van der Waals surface area contributed by atoms with Crippen LogP contribution in [0.2, 0.25) is 0 Å². The highest BCUT2D eigenvalue weighted by Crippen LogP contribution is 2.39. The van der Waals surface area contributed by atoms with Gasteiger partial charge in [0, 0.05) is 5.54 Å². The van der Waals surface area contributed by atoms with Gasteiger partial charge in [-0.3, -0.25) is 0 Å². The van der Waals surface area contributed by atoms with Crippen molar-refractivity contribution in [1.29, 1.82) is 0 Å². The molecule has 2 rings (SSSR count). The average molecular weight is 195 g/mol. The molecule has 2 N–H and O–H groups in total. The Bertz CT molecular complexity index is 162. The molecule has 2 saturated carbocycles. The molecular weight excluding hydrogens is 170 g/mol. The van der Waals surface area contributed by atoms with Crippen molar-refractivity contribution in [3.05, 3.63) is 0 Å². The Morgan fingerprint density at radius 1 is 0.714 bits per heavy atom. The molecule has 0 aromatic heterocycles. The first kappa shape index (κ1) is 10.5. The van der Waals surface area contributed by atoms with Gasteiger partial charge in [0.15, 0.2) is 0 Å². The minimum atomic E-state index is 0.233. The summed E-state index contributed by atoms with van der Waals surface area (Å²) >= 11 is 0. The zero-order valence-corrected chi connectivity index (χ0v) is 9.43. The summed E-state index contributed by atoms with van der Waals surface area (Å²) in [5.41, 5.74) is 6.87. The first-order valence-electron chi connectivity index (χ1n) is 6.60. The Hall–Kier alpha value is -0.0400. The predicted molar refractivity (Wildman–Crippen MR) is 61.2 cm³/mol. The van der Waals surface area contributed by atoms with Gasteiger partial charge in [0.25, 0.3) is 0 Å². The van der Waals surface area contributed by atoms with Crippen LogP contribution in [-0.2, 0) is 0 Å². The van der Waals surface area contributed by atoms with Gasteiger partial charge in [-0.2, -0.15) is 0 Å². The molecule has 14 heavy (non-hydrogen) atoms. The van der Waals surface area contributed by atoms with Crippen LogP contribution in [0.4, 0.5) is 0 Å². The maximum atomic E-state index is 6.63. The van der Waals surface area contributed by atoms with Crippen LogP contribution < -0.4 is 5.73 Å². The minimum absolute atomic E-state index is 0.233. The molecule has 1 nitrogen and oxygen atoms in total. The van der Waals surface area contributed by atoms with Gasteiger partial charge in [0.05, 0.1) is 0 Å². The highest BCUT2D eigenvalue weighted by atomic mass is 14.8. The van der Waals surface area contributed by atoms with E-state index in [-0.39, 0.29) is 5.54 Å². The lowest BCUT2D eigenvalue weighted by Crippen LogP contribution is -2.46. The van der Waals surface area contributed by atoms with E-state index in [1.165, 1.54) is 70.6 Å². The topological polar surface area (TPSA) is 26.0 Å². The monoisotopic (exact) mass is 195 g/mol. The standard InChI is InChI=1S/C13H25N/c14-13(12-8-4-5-9-12)10-6-2-1-3-7-11-13/h12H,1-11,14H2. The third kappa shape index (κ3) is 2.31. The van der Waals surface area contributed by atoms with Crippen LogP contribution in [0.1, 0.15) is 70.6 Å². The van der Waals surface area contributed by atoms with Crippen molar-refractivity contribution in [1.82, 2.24) is 0 Å². The second kappa shape index (κ2) is 4.65. The van der Waals surface area contributed by atoms with E-state index in [4.69, 9.17) is 5.73 Å². The van der Waals surface area contributed by atoms with E-state index >= 15 is 0 Å². The Morgan fingerprint density at radius 2 is 1.21 bits per heavy atom. The molecule has 0 amide bonds. The Morgan fingerprint density at radius 3 is 1.79 bits per heavy atom. The smallest absolute Gasteiger partial charge is 0.0182 e. The van der Waals surface area contributed by atoms with Gasteiger partial charge in [-0.1, -0.05) is 44.9 Å². The van der Waals surface area contributed by atoms with Crippen LogP contribution in [0, 0.1) is 5.92 Å². The summed E-state index contributed by atoms with van der Waals surface area (Å²) in [5.74, 6) is 0.862. The van der Waals surface area contributed by atoms with E-state index < -0.39 is 0 Å². The van der Waals surface area contributed by atoms with Crippen LogP contribution in [0.5, 0.6) is 0 Å². The van der Waals surface area contributed by atoms with Gasteiger partial charge < -0.3 is 5.73 Å².